The molecule has 0 atom stereocenters. The van der Waals surface area contributed by atoms with Crippen LogP contribution in [-0.4, -0.2) is 9.13 Å². The molecule has 0 fully saturated rings. The molecule has 6 aromatic carbocycles. The number of aromatic nitrogens is 2. The van der Waals surface area contributed by atoms with Crippen molar-refractivity contribution in [2.24, 2.45) is 0 Å². The first-order valence-electron chi connectivity index (χ1n) is 14.0. The van der Waals surface area contributed by atoms with E-state index in [-0.39, 0.29) is 0 Å². The van der Waals surface area contributed by atoms with Crippen LogP contribution in [0.5, 0.6) is 0 Å². The second kappa shape index (κ2) is 9.30. The minimum Gasteiger partial charge on any atom is -0.308 e. The quantitative estimate of drug-likeness (QED) is 0.214. The van der Waals surface area contributed by atoms with Crippen LogP contribution in [0.4, 0.5) is 0 Å². The fourth-order valence-electron chi connectivity index (χ4n) is 6.24. The first-order valence-corrected chi connectivity index (χ1v) is 14.0. The molecule has 0 aliphatic rings. The molecule has 0 radical (unpaired) electrons. The van der Waals surface area contributed by atoms with E-state index in [0.717, 1.165) is 44.1 Å². The van der Waals surface area contributed by atoms with Gasteiger partial charge in [0.05, 0.1) is 33.3 Å². The van der Waals surface area contributed by atoms with Crippen LogP contribution in [0.25, 0.3) is 65.6 Å². The summed E-state index contributed by atoms with van der Waals surface area (Å²) in [5, 5.41) is 8.16. The van der Waals surface area contributed by atoms with E-state index < -0.39 is 0 Å². The summed E-state index contributed by atoms with van der Waals surface area (Å²) in [6.07, 6.45) is 3.63. The van der Waals surface area contributed by atoms with Gasteiger partial charge in [0, 0.05) is 27.7 Å². The van der Waals surface area contributed by atoms with Crippen LogP contribution >= 0.6 is 0 Å². The minimum absolute atomic E-state index is 1.03. The molecule has 8 rings (SSSR count). The summed E-state index contributed by atoms with van der Waals surface area (Å²) in [5.74, 6) is 0. The van der Waals surface area contributed by atoms with Crippen molar-refractivity contribution in [3.05, 3.63) is 157 Å². The van der Waals surface area contributed by atoms with Gasteiger partial charge in [0.1, 0.15) is 0 Å². The summed E-state index contributed by atoms with van der Waals surface area (Å²) in [6.45, 7) is 2.21. The molecule has 8 aromatic rings. The number of fused-ring (bicyclic) bond motifs is 6. The van der Waals surface area contributed by atoms with Gasteiger partial charge in [-0.25, -0.2) is 0 Å². The van der Waals surface area contributed by atoms with Crippen LogP contribution < -0.4 is 0 Å². The van der Waals surface area contributed by atoms with Gasteiger partial charge < -0.3 is 4.57 Å². The number of para-hydroxylation sites is 2. The number of hydrogen-bond acceptors (Lipinski definition) is 0. The molecule has 0 unspecified atom stereocenters. The number of nitrogens with zero attached hydrogens (tertiary/aromatic N) is 2. The Balaban J connectivity index is 1.58. The van der Waals surface area contributed by atoms with Gasteiger partial charge in [-0.1, -0.05) is 109 Å². The van der Waals surface area contributed by atoms with Gasteiger partial charge in [0.25, 0.3) is 0 Å². The lowest BCUT2D eigenvalue weighted by Crippen LogP contribution is -1.96. The average molecular weight is 523 g/mol. The van der Waals surface area contributed by atoms with Crippen molar-refractivity contribution in [3.8, 4) is 11.4 Å². The summed E-state index contributed by atoms with van der Waals surface area (Å²) in [7, 11) is 0. The highest BCUT2D eigenvalue weighted by Crippen LogP contribution is 2.34. The summed E-state index contributed by atoms with van der Waals surface area (Å²) >= 11 is 0. The highest BCUT2D eigenvalue weighted by atomic mass is 15.0. The third-order valence-electron chi connectivity index (χ3n) is 8.14. The maximum atomic E-state index is 3.67. The molecule has 0 saturated heterocycles. The highest BCUT2D eigenvalue weighted by molar-refractivity contribution is 6.10. The Morgan fingerprint density at radius 1 is 0.463 bits per heavy atom. The first kappa shape index (κ1) is 23.4. The summed E-state index contributed by atoms with van der Waals surface area (Å²) in [6, 6.07) is 53.3. The van der Waals surface area contributed by atoms with E-state index in [9.17, 15) is 0 Å². The predicted octanol–water partition coefficient (Wildman–Crippen LogP) is 10.1. The molecule has 2 heteroatoms. The van der Waals surface area contributed by atoms with E-state index in [4.69, 9.17) is 0 Å². The van der Waals surface area contributed by atoms with E-state index in [1.165, 1.54) is 27.1 Å². The molecule has 41 heavy (non-hydrogen) atoms. The molecule has 0 amide bonds. The van der Waals surface area contributed by atoms with Gasteiger partial charge in [-0.2, -0.15) is 0 Å². The predicted molar refractivity (Wildman–Crippen MR) is 173 cm³/mol. The zero-order chi connectivity index (χ0) is 27.3. The van der Waals surface area contributed by atoms with Gasteiger partial charge >= 0.3 is 0 Å². The maximum absolute atomic E-state index is 3.67. The van der Waals surface area contributed by atoms with Crippen molar-refractivity contribution in [1.29, 1.82) is 0 Å². The Kier molecular flexibility index (Phi) is 5.30. The Morgan fingerprint density at radius 2 is 1.00 bits per heavy atom. The van der Waals surface area contributed by atoms with Gasteiger partial charge in [0.15, 0.2) is 0 Å². The molecule has 0 saturated carbocycles. The van der Waals surface area contributed by atoms with Gasteiger partial charge in [-0.05, 0) is 59.7 Å². The molecule has 2 aromatic heterocycles. The molecule has 2 nitrogen and oxygen atoms in total. The molecule has 2 heterocycles. The second-order valence-electron chi connectivity index (χ2n) is 10.5. The third kappa shape index (κ3) is 3.68. The van der Waals surface area contributed by atoms with E-state index in [0.29, 0.717) is 0 Å². The summed E-state index contributed by atoms with van der Waals surface area (Å²) < 4.78 is 4.56. The van der Waals surface area contributed by atoms with Crippen LogP contribution in [0.1, 0.15) is 5.56 Å². The molecule has 0 N–H and O–H groups in total. The average Bonchev–Trinajstić information content (AvgIpc) is 3.35. The zero-order valence-corrected chi connectivity index (χ0v) is 22.7. The SMILES string of the molecule is Cc1cc2c(c#cn(-c3cccc4ccccc34)c3ccccc13)c1ccccc1n2-c1cccc2ccccc12. The van der Waals surface area contributed by atoms with Crippen molar-refractivity contribution < 1.29 is 0 Å². The largest absolute Gasteiger partial charge is 0.308 e. The minimum atomic E-state index is 1.03. The number of aryl methyl sites for hydroxylation is 1. The molecule has 0 bridgehead atoms. The summed E-state index contributed by atoms with van der Waals surface area (Å²) in [5.41, 5.74) is 6.75. The molecule has 192 valence electrons. The lowest BCUT2D eigenvalue weighted by molar-refractivity contribution is 1.13. The van der Waals surface area contributed by atoms with Gasteiger partial charge in [0.2, 0.25) is 0 Å². The fourth-order valence-corrected chi connectivity index (χ4v) is 6.24. The van der Waals surface area contributed by atoms with Gasteiger partial charge in [-0.15, -0.1) is 0 Å². The number of hydrogen-bond donors (Lipinski definition) is 0. The van der Waals surface area contributed by atoms with Crippen molar-refractivity contribution in [1.82, 2.24) is 9.13 Å². The van der Waals surface area contributed by atoms with E-state index >= 15 is 0 Å². The topological polar surface area (TPSA) is 9.86 Å². The lowest BCUT2D eigenvalue weighted by Gasteiger charge is -2.12. The Hall–Kier alpha value is -5.52. The highest BCUT2D eigenvalue weighted by Gasteiger charge is 2.14. The monoisotopic (exact) mass is 522 g/mol. The van der Waals surface area contributed by atoms with Crippen molar-refractivity contribution >= 4 is 54.3 Å². The first-order chi connectivity index (χ1) is 20.3. The summed E-state index contributed by atoms with van der Waals surface area (Å²) in [4.78, 5) is 0. The zero-order valence-electron chi connectivity index (χ0n) is 22.7. The van der Waals surface area contributed by atoms with Crippen molar-refractivity contribution in [3.63, 3.8) is 0 Å². The van der Waals surface area contributed by atoms with Crippen molar-refractivity contribution in [2.75, 3.05) is 0 Å². The van der Waals surface area contributed by atoms with E-state index in [1.807, 2.05) is 0 Å². The molecule has 0 aliphatic carbocycles. The normalized spacial score (nSPS) is 11.3. The van der Waals surface area contributed by atoms with E-state index in [1.54, 1.807) is 0 Å². The molecular weight excluding hydrogens is 496 g/mol. The third-order valence-corrected chi connectivity index (χ3v) is 8.14. The van der Waals surface area contributed by atoms with Crippen LogP contribution in [0.2, 0.25) is 0 Å². The molecule has 0 aliphatic heterocycles. The lowest BCUT2D eigenvalue weighted by atomic mass is 10.1. The second-order valence-corrected chi connectivity index (χ2v) is 10.5. The Labute approximate surface area is 238 Å². The Bertz CT molecular complexity index is 2320. The number of benzene rings is 6. The van der Waals surface area contributed by atoms with Crippen LogP contribution in [-0.2, 0) is 0 Å². The van der Waals surface area contributed by atoms with Crippen LogP contribution in [0, 0.1) is 19.2 Å². The number of rotatable bonds is 2. The Morgan fingerprint density at radius 3 is 1.73 bits per heavy atom. The van der Waals surface area contributed by atoms with Crippen molar-refractivity contribution in [2.45, 2.75) is 6.92 Å². The van der Waals surface area contributed by atoms with Gasteiger partial charge in [-0.3, -0.25) is 4.57 Å². The smallest absolute Gasteiger partial charge is 0.0629 e. The molecule has 0 spiro atoms. The standard InChI is InChI=1S/C39H26N2/c1-27-26-39-34(33-19-7-9-21-38(33)41(39)37-23-11-15-29-13-3-5-18-32(29)37)24-25-40(35-20-8-6-16-30(27)35)36-22-10-14-28-12-2-4-17-31(28)36/h2-23,26H,1H3. The van der Waals surface area contributed by atoms with Crippen LogP contribution in [0.15, 0.2) is 140 Å². The fraction of sp³-hybridized carbons (Fsp3) is 0.0256. The van der Waals surface area contributed by atoms with Crippen LogP contribution in [0.3, 0.4) is 0 Å². The molecular formula is C39H26N2. The van der Waals surface area contributed by atoms with E-state index in [2.05, 4.69) is 168 Å². The maximum Gasteiger partial charge on any atom is 0.0629 e.